The van der Waals surface area contributed by atoms with Crippen molar-refractivity contribution in [2.24, 2.45) is 0 Å². The van der Waals surface area contributed by atoms with Gasteiger partial charge in [0.2, 0.25) is 5.95 Å². The standard InChI is InChI=1S/C26H25FN8/c27-17-9-15(11-28-14-17)24-33-25-16(12-29-18-5-6-18)13-30-35(25)26(34-24)31-19-7-8-23-21(10-19)20-3-1-2-4-22(20)32-23/h1-4,9,11,13-14,18-19,29,32H,5-8,10,12H2,(H,31,33,34)/t19-/m1/s1. The summed E-state index contributed by atoms with van der Waals surface area (Å²) in [6, 6.07) is 10.6. The normalized spacial score (nSPS) is 17.7. The molecular formula is C26H25FN8. The van der Waals surface area contributed by atoms with Gasteiger partial charge in [0.1, 0.15) is 5.82 Å². The summed E-state index contributed by atoms with van der Waals surface area (Å²) < 4.78 is 15.7. The zero-order valence-corrected chi connectivity index (χ0v) is 19.1. The lowest BCUT2D eigenvalue weighted by molar-refractivity contribution is 0.599. The van der Waals surface area contributed by atoms with Crippen molar-refractivity contribution in [2.45, 2.75) is 50.7 Å². The number of para-hydroxylation sites is 1. The number of nitrogens with one attached hydrogen (secondary N) is 3. The number of benzene rings is 1. The van der Waals surface area contributed by atoms with E-state index in [4.69, 9.17) is 9.97 Å². The lowest BCUT2D eigenvalue weighted by Crippen LogP contribution is -2.29. The van der Waals surface area contributed by atoms with Crippen molar-refractivity contribution in [3.05, 3.63) is 71.6 Å². The summed E-state index contributed by atoms with van der Waals surface area (Å²) in [4.78, 5) is 17.1. The molecule has 7 rings (SSSR count). The van der Waals surface area contributed by atoms with Crippen molar-refractivity contribution in [2.75, 3.05) is 5.32 Å². The Morgan fingerprint density at radius 2 is 1.97 bits per heavy atom. The maximum atomic E-state index is 13.9. The lowest BCUT2D eigenvalue weighted by atomic mass is 9.91. The Bertz CT molecular complexity index is 1550. The van der Waals surface area contributed by atoms with Crippen molar-refractivity contribution in [3.63, 3.8) is 0 Å². The number of pyridine rings is 1. The fraction of sp³-hybridized carbons (Fsp3) is 0.308. The number of H-pyrrole nitrogens is 1. The molecule has 1 saturated carbocycles. The Morgan fingerprint density at radius 1 is 1.06 bits per heavy atom. The van der Waals surface area contributed by atoms with Gasteiger partial charge in [0.15, 0.2) is 11.5 Å². The van der Waals surface area contributed by atoms with Crippen LogP contribution in [0.4, 0.5) is 10.3 Å². The van der Waals surface area contributed by atoms with Crippen LogP contribution in [0.2, 0.25) is 0 Å². The highest BCUT2D eigenvalue weighted by atomic mass is 19.1. The van der Waals surface area contributed by atoms with E-state index >= 15 is 0 Å². The largest absolute Gasteiger partial charge is 0.358 e. The van der Waals surface area contributed by atoms with Crippen LogP contribution in [0.15, 0.2) is 48.9 Å². The smallest absolute Gasteiger partial charge is 0.228 e. The number of halogens is 1. The summed E-state index contributed by atoms with van der Waals surface area (Å²) in [5.74, 6) is 0.632. The van der Waals surface area contributed by atoms with E-state index in [1.165, 1.54) is 47.3 Å². The molecular weight excluding hydrogens is 443 g/mol. The van der Waals surface area contributed by atoms with Crippen molar-refractivity contribution < 1.29 is 4.39 Å². The molecule has 176 valence electrons. The fourth-order valence-corrected chi connectivity index (χ4v) is 5.02. The van der Waals surface area contributed by atoms with E-state index in [1.807, 2.05) is 6.20 Å². The van der Waals surface area contributed by atoms with E-state index in [0.29, 0.717) is 29.9 Å². The molecule has 0 spiro atoms. The number of fused-ring (bicyclic) bond motifs is 4. The van der Waals surface area contributed by atoms with Gasteiger partial charge in [-0.05, 0) is 49.8 Å². The van der Waals surface area contributed by atoms with Crippen LogP contribution in [0.25, 0.3) is 27.9 Å². The molecule has 0 aliphatic heterocycles. The van der Waals surface area contributed by atoms with Gasteiger partial charge >= 0.3 is 0 Å². The van der Waals surface area contributed by atoms with Crippen LogP contribution in [-0.4, -0.2) is 41.6 Å². The van der Waals surface area contributed by atoms with Crippen LogP contribution >= 0.6 is 0 Å². The molecule has 0 amide bonds. The molecule has 0 radical (unpaired) electrons. The van der Waals surface area contributed by atoms with E-state index in [0.717, 1.165) is 30.5 Å². The third kappa shape index (κ3) is 3.81. The molecule has 1 fully saturated rings. The maximum absolute atomic E-state index is 13.9. The van der Waals surface area contributed by atoms with Crippen molar-refractivity contribution in [1.29, 1.82) is 0 Å². The summed E-state index contributed by atoms with van der Waals surface area (Å²) in [6.07, 6.45) is 9.86. The molecule has 8 nitrogen and oxygen atoms in total. The van der Waals surface area contributed by atoms with Crippen molar-refractivity contribution in [3.8, 4) is 11.4 Å². The van der Waals surface area contributed by atoms with Gasteiger partial charge in [-0.15, -0.1) is 0 Å². The second-order valence-electron chi connectivity index (χ2n) is 9.53. The van der Waals surface area contributed by atoms with Crippen LogP contribution in [0.5, 0.6) is 0 Å². The molecule has 0 unspecified atom stereocenters. The van der Waals surface area contributed by atoms with E-state index < -0.39 is 5.82 Å². The minimum Gasteiger partial charge on any atom is -0.358 e. The van der Waals surface area contributed by atoms with Gasteiger partial charge in [-0.1, -0.05) is 18.2 Å². The van der Waals surface area contributed by atoms with Crippen molar-refractivity contribution >= 4 is 22.5 Å². The first-order valence-corrected chi connectivity index (χ1v) is 12.2. The highest BCUT2D eigenvalue weighted by molar-refractivity contribution is 5.85. The predicted octanol–water partition coefficient (Wildman–Crippen LogP) is 4.03. The van der Waals surface area contributed by atoms with Gasteiger partial charge in [0.25, 0.3) is 0 Å². The van der Waals surface area contributed by atoms with Gasteiger partial charge in [-0.3, -0.25) is 4.98 Å². The first kappa shape index (κ1) is 20.5. The first-order chi connectivity index (χ1) is 17.2. The summed E-state index contributed by atoms with van der Waals surface area (Å²) in [6.45, 7) is 0.688. The average Bonchev–Trinajstić information content (AvgIpc) is 3.50. The Balaban J connectivity index is 1.26. The number of rotatable bonds is 6. The van der Waals surface area contributed by atoms with E-state index in [2.05, 4.69) is 50.0 Å². The van der Waals surface area contributed by atoms with Crippen LogP contribution in [-0.2, 0) is 19.4 Å². The van der Waals surface area contributed by atoms with E-state index in [-0.39, 0.29) is 6.04 Å². The van der Waals surface area contributed by atoms with Gasteiger partial charge in [0.05, 0.1) is 12.4 Å². The molecule has 1 atom stereocenters. The van der Waals surface area contributed by atoms with Crippen LogP contribution in [0, 0.1) is 5.82 Å². The first-order valence-electron chi connectivity index (χ1n) is 12.2. The molecule has 0 saturated heterocycles. The molecule has 4 aromatic heterocycles. The number of aromatic amines is 1. The van der Waals surface area contributed by atoms with Crippen molar-refractivity contribution in [1.82, 2.24) is 34.9 Å². The van der Waals surface area contributed by atoms with Gasteiger partial charge in [-0.2, -0.15) is 14.6 Å². The quantitative estimate of drug-likeness (QED) is 0.348. The molecule has 5 aromatic rings. The third-order valence-corrected chi connectivity index (χ3v) is 6.99. The number of hydrogen-bond acceptors (Lipinski definition) is 6. The summed E-state index contributed by atoms with van der Waals surface area (Å²) in [7, 11) is 0. The maximum Gasteiger partial charge on any atom is 0.228 e. The number of nitrogens with zero attached hydrogens (tertiary/aromatic N) is 5. The summed E-state index contributed by atoms with van der Waals surface area (Å²) in [5, 5.41) is 13.1. The van der Waals surface area contributed by atoms with Gasteiger partial charge < -0.3 is 15.6 Å². The Hall–Kier alpha value is -3.85. The predicted molar refractivity (Wildman–Crippen MR) is 132 cm³/mol. The molecule has 2 aliphatic carbocycles. The monoisotopic (exact) mass is 468 g/mol. The van der Waals surface area contributed by atoms with Crippen LogP contribution in [0.3, 0.4) is 0 Å². The molecule has 3 N–H and O–H groups in total. The second kappa shape index (κ2) is 8.13. The zero-order valence-electron chi connectivity index (χ0n) is 19.1. The highest BCUT2D eigenvalue weighted by Gasteiger charge is 2.25. The average molecular weight is 469 g/mol. The zero-order chi connectivity index (χ0) is 23.4. The number of hydrogen-bond donors (Lipinski definition) is 3. The molecule has 1 aromatic carbocycles. The van der Waals surface area contributed by atoms with Crippen LogP contribution in [0.1, 0.15) is 36.1 Å². The minimum atomic E-state index is -0.413. The Labute approximate surface area is 201 Å². The van der Waals surface area contributed by atoms with Gasteiger partial charge in [-0.25, -0.2) is 9.37 Å². The molecule has 2 aliphatic rings. The lowest BCUT2D eigenvalue weighted by Gasteiger charge is -2.24. The van der Waals surface area contributed by atoms with Crippen LogP contribution < -0.4 is 10.6 Å². The Morgan fingerprint density at radius 3 is 2.86 bits per heavy atom. The number of aromatic nitrogens is 6. The third-order valence-electron chi connectivity index (χ3n) is 6.99. The topological polar surface area (TPSA) is 95.8 Å². The fourth-order valence-electron chi connectivity index (χ4n) is 5.02. The van der Waals surface area contributed by atoms with Gasteiger partial charge in [0, 0.05) is 52.5 Å². The van der Waals surface area contributed by atoms with E-state index in [9.17, 15) is 4.39 Å². The number of aryl methyl sites for hydroxylation is 1. The number of anilines is 1. The molecule has 0 bridgehead atoms. The Kier molecular flexibility index (Phi) is 4.76. The van der Waals surface area contributed by atoms with E-state index in [1.54, 1.807) is 10.7 Å². The highest BCUT2D eigenvalue weighted by Crippen LogP contribution is 2.31. The summed E-state index contributed by atoms with van der Waals surface area (Å²) in [5.41, 5.74) is 6.12. The second-order valence-corrected chi connectivity index (χ2v) is 9.53. The molecule has 35 heavy (non-hydrogen) atoms. The minimum absolute atomic E-state index is 0.190. The SMILES string of the molecule is Fc1cncc(-c2nc(N[C@@H]3CCc4[nH]c5ccccc5c4C3)n3ncc(CNC4CC4)c3n2)c1. The summed E-state index contributed by atoms with van der Waals surface area (Å²) >= 11 is 0. The molecule has 4 heterocycles. The molecule has 9 heteroatoms.